The van der Waals surface area contributed by atoms with E-state index < -0.39 is 5.97 Å². The second kappa shape index (κ2) is 12.5. The molecule has 0 spiro atoms. The van der Waals surface area contributed by atoms with Crippen LogP contribution in [-0.2, 0) is 4.79 Å². The molecule has 0 aromatic rings. The molecule has 0 fully saturated rings. The van der Waals surface area contributed by atoms with Crippen molar-refractivity contribution in [1.29, 1.82) is 0 Å². The topological polar surface area (TPSA) is 37.3 Å². The van der Waals surface area contributed by atoms with Crippen molar-refractivity contribution in [2.24, 2.45) is 11.8 Å². The third-order valence-electron chi connectivity index (χ3n) is 4.26. The Morgan fingerprint density at radius 1 is 0.842 bits per heavy atom. The van der Waals surface area contributed by atoms with E-state index in [1.54, 1.807) is 0 Å². The van der Waals surface area contributed by atoms with Gasteiger partial charge < -0.3 is 5.11 Å². The fourth-order valence-corrected chi connectivity index (χ4v) is 2.45. The molecular weight excluding hydrogens is 236 g/mol. The molecule has 0 rings (SSSR count). The van der Waals surface area contributed by atoms with Crippen LogP contribution >= 0.6 is 0 Å². The van der Waals surface area contributed by atoms with Gasteiger partial charge in [0.25, 0.3) is 0 Å². The number of carboxylic acid groups (broad SMARTS) is 1. The van der Waals surface area contributed by atoms with Gasteiger partial charge in [-0.25, -0.2) is 0 Å². The van der Waals surface area contributed by atoms with Gasteiger partial charge in [-0.2, -0.15) is 0 Å². The van der Waals surface area contributed by atoms with Crippen LogP contribution in [0.5, 0.6) is 0 Å². The van der Waals surface area contributed by atoms with Crippen molar-refractivity contribution in [2.75, 3.05) is 0 Å². The number of unbranched alkanes of at least 4 members (excludes halogenated alkanes) is 9. The Labute approximate surface area is 120 Å². The maximum absolute atomic E-state index is 10.8. The minimum absolute atomic E-state index is 0.196. The summed E-state index contributed by atoms with van der Waals surface area (Å²) in [6, 6.07) is 0. The van der Waals surface area contributed by atoms with Gasteiger partial charge in [0, 0.05) is 0 Å². The Hall–Kier alpha value is -0.530. The molecule has 19 heavy (non-hydrogen) atoms. The van der Waals surface area contributed by atoms with Crippen LogP contribution in [0, 0.1) is 11.8 Å². The second-order valence-electron chi connectivity index (χ2n) is 6.07. The maximum Gasteiger partial charge on any atom is 0.306 e. The van der Waals surface area contributed by atoms with Crippen molar-refractivity contribution >= 4 is 5.97 Å². The molecule has 0 amide bonds. The van der Waals surface area contributed by atoms with Gasteiger partial charge >= 0.3 is 5.97 Å². The zero-order chi connectivity index (χ0) is 14.5. The summed E-state index contributed by atoms with van der Waals surface area (Å²) < 4.78 is 0. The monoisotopic (exact) mass is 270 g/mol. The second-order valence-corrected chi connectivity index (χ2v) is 6.07. The maximum atomic E-state index is 10.8. The van der Waals surface area contributed by atoms with Crippen LogP contribution in [0.25, 0.3) is 0 Å². The van der Waals surface area contributed by atoms with Gasteiger partial charge in [-0.3, -0.25) is 4.79 Å². The molecule has 0 aromatic carbocycles. The lowest BCUT2D eigenvalue weighted by Gasteiger charge is -2.15. The van der Waals surface area contributed by atoms with Crippen LogP contribution in [-0.4, -0.2) is 11.1 Å². The highest BCUT2D eigenvalue weighted by Gasteiger charge is 2.18. The van der Waals surface area contributed by atoms with Crippen LogP contribution in [0.15, 0.2) is 0 Å². The Kier molecular flexibility index (Phi) is 12.2. The smallest absolute Gasteiger partial charge is 0.306 e. The molecule has 0 aliphatic heterocycles. The molecule has 2 atom stereocenters. The first kappa shape index (κ1) is 18.5. The van der Waals surface area contributed by atoms with E-state index in [-0.39, 0.29) is 5.92 Å². The van der Waals surface area contributed by atoms with Crippen molar-refractivity contribution in [3.8, 4) is 0 Å². The summed E-state index contributed by atoms with van der Waals surface area (Å²) in [6.45, 7) is 6.14. The van der Waals surface area contributed by atoms with E-state index in [9.17, 15) is 4.79 Å². The average molecular weight is 270 g/mol. The molecule has 114 valence electrons. The Morgan fingerprint density at radius 3 is 1.68 bits per heavy atom. The molecule has 2 heteroatoms. The zero-order valence-corrected chi connectivity index (χ0v) is 13.3. The van der Waals surface area contributed by atoms with E-state index >= 15 is 0 Å². The fourth-order valence-electron chi connectivity index (χ4n) is 2.45. The minimum atomic E-state index is -0.653. The fraction of sp³-hybridized carbons (Fsp3) is 0.941. The van der Waals surface area contributed by atoms with Crippen LogP contribution in [0.2, 0.25) is 0 Å². The molecule has 2 nitrogen and oxygen atoms in total. The first-order valence-electron chi connectivity index (χ1n) is 8.32. The van der Waals surface area contributed by atoms with Crippen LogP contribution in [0.3, 0.4) is 0 Å². The molecule has 0 aromatic heterocycles. The van der Waals surface area contributed by atoms with E-state index in [2.05, 4.69) is 13.8 Å². The zero-order valence-electron chi connectivity index (χ0n) is 13.3. The molecule has 0 aliphatic rings. The summed E-state index contributed by atoms with van der Waals surface area (Å²) in [5.41, 5.74) is 0. The summed E-state index contributed by atoms with van der Waals surface area (Å²) in [5.74, 6) is -0.537. The Morgan fingerprint density at radius 2 is 1.26 bits per heavy atom. The van der Waals surface area contributed by atoms with Crippen LogP contribution in [0.4, 0.5) is 0 Å². The number of aliphatic carboxylic acids is 1. The van der Waals surface area contributed by atoms with Crippen molar-refractivity contribution in [1.82, 2.24) is 0 Å². The molecule has 0 saturated carbocycles. The van der Waals surface area contributed by atoms with Gasteiger partial charge in [-0.15, -0.1) is 0 Å². The molecule has 0 heterocycles. The van der Waals surface area contributed by atoms with E-state index in [1.165, 1.54) is 64.2 Å². The highest BCUT2D eigenvalue weighted by atomic mass is 16.4. The van der Waals surface area contributed by atoms with E-state index in [1.807, 2.05) is 6.92 Å². The van der Waals surface area contributed by atoms with E-state index in [0.717, 1.165) is 6.42 Å². The lowest BCUT2D eigenvalue weighted by Crippen LogP contribution is -2.17. The number of rotatable bonds is 13. The van der Waals surface area contributed by atoms with Crippen molar-refractivity contribution in [2.45, 2.75) is 91.4 Å². The third-order valence-corrected chi connectivity index (χ3v) is 4.26. The predicted octanol–water partition coefficient (Wildman–Crippen LogP) is 5.65. The highest BCUT2D eigenvalue weighted by Crippen LogP contribution is 2.19. The normalized spacial score (nSPS) is 14.3. The van der Waals surface area contributed by atoms with Crippen LogP contribution < -0.4 is 0 Å². The number of hydrogen-bond donors (Lipinski definition) is 1. The lowest BCUT2D eigenvalue weighted by atomic mass is 9.90. The van der Waals surface area contributed by atoms with Gasteiger partial charge in [0.1, 0.15) is 0 Å². The standard InChI is InChI=1S/C17H34O2/c1-4-5-6-7-8-9-10-11-12-13-14-15(2)16(3)17(18)19/h15-16H,4-14H2,1-3H3,(H,18,19). The van der Waals surface area contributed by atoms with Gasteiger partial charge in [-0.05, 0) is 12.3 Å². The molecule has 0 bridgehead atoms. The van der Waals surface area contributed by atoms with Crippen molar-refractivity contribution in [3.05, 3.63) is 0 Å². The van der Waals surface area contributed by atoms with Gasteiger partial charge in [0.15, 0.2) is 0 Å². The number of hydrogen-bond acceptors (Lipinski definition) is 1. The summed E-state index contributed by atoms with van der Waals surface area (Å²) in [7, 11) is 0. The van der Waals surface area contributed by atoms with Gasteiger partial charge in [0.2, 0.25) is 0 Å². The SMILES string of the molecule is CCCCCCCCCCCCC(C)C(C)C(=O)O. The summed E-state index contributed by atoms with van der Waals surface area (Å²) in [4.78, 5) is 10.8. The summed E-state index contributed by atoms with van der Waals surface area (Å²) in [6.07, 6.45) is 14.5. The van der Waals surface area contributed by atoms with Crippen LogP contribution in [0.1, 0.15) is 91.4 Å². The van der Waals surface area contributed by atoms with E-state index in [4.69, 9.17) is 5.11 Å². The van der Waals surface area contributed by atoms with Crippen molar-refractivity contribution in [3.63, 3.8) is 0 Å². The highest BCUT2D eigenvalue weighted by molar-refractivity contribution is 5.69. The Balaban J connectivity index is 3.25. The lowest BCUT2D eigenvalue weighted by molar-refractivity contribution is -0.142. The quantitative estimate of drug-likeness (QED) is 0.439. The average Bonchev–Trinajstić information content (AvgIpc) is 2.39. The first-order valence-corrected chi connectivity index (χ1v) is 8.32. The van der Waals surface area contributed by atoms with Gasteiger partial charge in [-0.1, -0.05) is 85.0 Å². The molecule has 0 saturated heterocycles. The molecule has 0 aliphatic carbocycles. The van der Waals surface area contributed by atoms with Crippen molar-refractivity contribution < 1.29 is 9.90 Å². The number of carbonyl (C=O) groups is 1. The van der Waals surface area contributed by atoms with E-state index in [0.29, 0.717) is 5.92 Å². The molecule has 2 unspecified atom stereocenters. The first-order chi connectivity index (χ1) is 9.09. The summed E-state index contributed by atoms with van der Waals surface area (Å²) >= 11 is 0. The van der Waals surface area contributed by atoms with Gasteiger partial charge in [0.05, 0.1) is 5.92 Å². The number of carboxylic acids is 1. The Bertz CT molecular complexity index is 213. The molecule has 1 N–H and O–H groups in total. The molecule has 0 radical (unpaired) electrons. The third kappa shape index (κ3) is 11.0. The summed E-state index contributed by atoms with van der Waals surface area (Å²) in [5, 5.41) is 8.91. The minimum Gasteiger partial charge on any atom is -0.481 e. The predicted molar refractivity (Wildman–Crippen MR) is 82.4 cm³/mol. The molecular formula is C17H34O2. The largest absolute Gasteiger partial charge is 0.481 e.